The van der Waals surface area contributed by atoms with Crippen molar-refractivity contribution in [3.63, 3.8) is 0 Å². The highest BCUT2D eigenvalue weighted by molar-refractivity contribution is 6.03. The number of nitrogens with zero attached hydrogens (tertiary/aromatic N) is 2. The van der Waals surface area contributed by atoms with Crippen LogP contribution >= 0.6 is 0 Å². The maximum absolute atomic E-state index is 13.2. The van der Waals surface area contributed by atoms with Crippen LogP contribution in [0.3, 0.4) is 0 Å². The average molecular weight is 391 g/mol. The van der Waals surface area contributed by atoms with Gasteiger partial charge in [-0.15, -0.1) is 0 Å². The average Bonchev–Trinajstić information content (AvgIpc) is 3.20. The monoisotopic (exact) mass is 391 g/mol. The predicted octanol–water partition coefficient (Wildman–Crippen LogP) is 1.81. The molecule has 2 atom stereocenters. The van der Waals surface area contributed by atoms with Gasteiger partial charge in [0.05, 0.1) is 6.04 Å². The number of hydrazine groups is 1. The lowest BCUT2D eigenvalue weighted by Crippen LogP contribution is -2.53. The molecule has 4 rings (SSSR count). The van der Waals surface area contributed by atoms with Crippen molar-refractivity contribution in [3.05, 3.63) is 71.4 Å². The first kappa shape index (κ1) is 18.5. The van der Waals surface area contributed by atoms with Crippen LogP contribution in [0.5, 0.6) is 0 Å². The zero-order chi connectivity index (χ0) is 20.7. The Hall–Kier alpha value is -3.81. The summed E-state index contributed by atoms with van der Waals surface area (Å²) >= 11 is 0. The second-order valence-corrected chi connectivity index (χ2v) is 7.07. The topological polar surface area (TPSA) is 109 Å². The normalized spacial score (nSPS) is 16.6. The van der Waals surface area contributed by atoms with Crippen molar-refractivity contribution in [3.8, 4) is 0 Å². The first-order chi connectivity index (χ1) is 13.9. The molecule has 4 N–H and O–H groups in total. The van der Waals surface area contributed by atoms with Gasteiger partial charge in [0.1, 0.15) is 6.04 Å². The number of nitrogens with one attached hydrogen (secondary N) is 2. The van der Waals surface area contributed by atoms with Gasteiger partial charge in [-0.25, -0.2) is 10.2 Å². The Morgan fingerprint density at radius 1 is 1.03 bits per heavy atom. The van der Waals surface area contributed by atoms with E-state index in [4.69, 9.17) is 5.73 Å². The molecular formula is C21H21N5O3. The highest BCUT2D eigenvalue weighted by atomic mass is 16.2. The molecule has 0 bridgehead atoms. The molecule has 2 aromatic carbocycles. The second kappa shape index (κ2) is 6.97. The van der Waals surface area contributed by atoms with E-state index in [9.17, 15) is 14.4 Å². The summed E-state index contributed by atoms with van der Waals surface area (Å²) in [5, 5.41) is 1.01. The standard InChI is InChI=1S/C21H21N5O3/c1-12(19(27)23-24-21(22)29)26-18(14-8-3-4-9-15(14)20(26)28)16-11-25(2)17-10-6-5-7-13(16)17/h3-12,18H,1-2H3,(H,23,27)(H3,22,24,29). The van der Waals surface area contributed by atoms with Gasteiger partial charge in [-0.2, -0.15) is 0 Å². The molecular weight excluding hydrogens is 370 g/mol. The van der Waals surface area contributed by atoms with Crippen LogP contribution in [0.15, 0.2) is 54.7 Å². The van der Waals surface area contributed by atoms with Crippen LogP contribution in [0.4, 0.5) is 4.79 Å². The van der Waals surface area contributed by atoms with Crippen molar-refractivity contribution in [2.24, 2.45) is 12.8 Å². The van der Waals surface area contributed by atoms with E-state index in [-0.39, 0.29) is 5.91 Å². The van der Waals surface area contributed by atoms with Crippen LogP contribution in [0.2, 0.25) is 0 Å². The van der Waals surface area contributed by atoms with Crippen LogP contribution in [0.1, 0.15) is 34.5 Å². The number of aryl methyl sites for hydroxylation is 1. The van der Waals surface area contributed by atoms with E-state index in [2.05, 4.69) is 10.9 Å². The van der Waals surface area contributed by atoms with Gasteiger partial charge >= 0.3 is 6.03 Å². The molecule has 8 nitrogen and oxygen atoms in total. The van der Waals surface area contributed by atoms with Gasteiger partial charge in [0, 0.05) is 35.3 Å². The Morgan fingerprint density at radius 3 is 2.48 bits per heavy atom. The van der Waals surface area contributed by atoms with E-state index in [1.54, 1.807) is 24.0 Å². The fourth-order valence-electron chi connectivity index (χ4n) is 4.00. The summed E-state index contributed by atoms with van der Waals surface area (Å²) in [6.07, 6.45) is 1.99. The SMILES string of the molecule is CC(C(=O)NNC(N)=O)N1C(=O)c2ccccc2C1c1cn(C)c2ccccc12. The molecule has 0 radical (unpaired) electrons. The van der Waals surface area contributed by atoms with Gasteiger partial charge in [0.15, 0.2) is 0 Å². The van der Waals surface area contributed by atoms with Gasteiger partial charge in [0.2, 0.25) is 0 Å². The minimum atomic E-state index is -0.882. The van der Waals surface area contributed by atoms with Crippen molar-refractivity contribution in [1.82, 2.24) is 20.3 Å². The van der Waals surface area contributed by atoms with Crippen molar-refractivity contribution in [1.29, 1.82) is 0 Å². The third-order valence-electron chi connectivity index (χ3n) is 5.33. The number of hydrogen-bond acceptors (Lipinski definition) is 3. The molecule has 3 aromatic rings. The van der Waals surface area contributed by atoms with Crippen LogP contribution < -0.4 is 16.6 Å². The van der Waals surface area contributed by atoms with Crippen molar-refractivity contribution in [2.75, 3.05) is 0 Å². The number of para-hydroxylation sites is 1. The van der Waals surface area contributed by atoms with Gasteiger partial charge in [0.25, 0.3) is 11.8 Å². The molecule has 29 heavy (non-hydrogen) atoms. The van der Waals surface area contributed by atoms with E-state index in [0.29, 0.717) is 5.56 Å². The lowest BCUT2D eigenvalue weighted by Gasteiger charge is -2.30. The zero-order valence-corrected chi connectivity index (χ0v) is 16.0. The Morgan fingerprint density at radius 2 is 1.72 bits per heavy atom. The number of carbonyl (C=O) groups excluding carboxylic acids is 3. The number of benzene rings is 2. The molecule has 1 aliphatic heterocycles. The molecule has 2 unspecified atom stereocenters. The largest absolute Gasteiger partial charge is 0.350 e. The van der Waals surface area contributed by atoms with Crippen LogP contribution in [0.25, 0.3) is 10.9 Å². The second-order valence-electron chi connectivity index (χ2n) is 7.07. The third kappa shape index (κ3) is 2.98. The molecule has 0 aliphatic carbocycles. The Labute approximate surface area is 167 Å². The summed E-state index contributed by atoms with van der Waals surface area (Å²) in [4.78, 5) is 38.3. The molecule has 1 aliphatic rings. The molecule has 8 heteroatoms. The quantitative estimate of drug-likeness (QED) is 0.592. The number of urea groups is 1. The van der Waals surface area contributed by atoms with Gasteiger partial charge in [-0.1, -0.05) is 36.4 Å². The Kier molecular flexibility index (Phi) is 4.46. The number of aromatic nitrogens is 1. The van der Waals surface area contributed by atoms with E-state index in [0.717, 1.165) is 22.0 Å². The van der Waals surface area contributed by atoms with Gasteiger partial charge in [-0.3, -0.25) is 15.0 Å². The molecule has 0 fully saturated rings. The minimum Gasteiger partial charge on any atom is -0.350 e. The summed E-state index contributed by atoms with van der Waals surface area (Å²) in [6, 6.07) is 13.1. The number of hydrogen-bond donors (Lipinski definition) is 3. The lowest BCUT2D eigenvalue weighted by atomic mass is 9.97. The van der Waals surface area contributed by atoms with Gasteiger partial charge < -0.3 is 15.2 Å². The number of fused-ring (bicyclic) bond motifs is 2. The number of nitrogens with two attached hydrogens (primary N) is 1. The number of rotatable bonds is 3. The fraction of sp³-hybridized carbons (Fsp3) is 0.190. The first-order valence-electron chi connectivity index (χ1n) is 9.21. The summed E-state index contributed by atoms with van der Waals surface area (Å²) in [7, 11) is 1.95. The molecule has 2 heterocycles. The molecule has 4 amide bonds. The number of primary amides is 1. The van der Waals surface area contributed by atoms with Crippen LogP contribution in [0, 0.1) is 0 Å². The van der Waals surface area contributed by atoms with Crippen molar-refractivity contribution >= 4 is 28.7 Å². The maximum Gasteiger partial charge on any atom is 0.330 e. The number of carbonyl (C=O) groups is 3. The van der Waals surface area contributed by atoms with E-state index >= 15 is 0 Å². The summed E-state index contributed by atoms with van der Waals surface area (Å²) in [5.74, 6) is -0.768. The fourth-order valence-corrected chi connectivity index (χ4v) is 4.00. The smallest absolute Gasteiger partial charge is 0.330 e. The van der Waals surface area contributed by atoms with E-state index in [1.807, 2.05) is 54.2 Å². The number of amides is 4. The molecule has 0 saturated carbocycles. The highest BCUT2D eigenvalue weighted by Crippen LogP contribution is 2.42. The Bertz CT molecular complexity index is 1140. The van der Waals surface area contributed by atoms with E-state index < -0.39 is 24.0 Å². The molecule has 148 valence electrons. The minimum absolute atomic E-state index is 0.236. The van der Waals surface area contributed by atoms with E-state index in [1.165, 1.54) is 0 Å². The summed E-state index contributed by atoms with van der Waals surface area (Å²) in [6.45, 7) is 1.62. The Balaban J connectivity index is 1.83. The van der Waals surface area contributed by atoms with Crippen molar-refractivity contribution < 1.29 is 14.4 Å². The predicted molar refractivity (Wildman–Crippen MR) is 108 cm³/mol. The van der Waals surface area contributed by atoms with Crippen LogP contribution in [-0.2, 0) is 11.8 Å². The lowest BCUT2D eigenvalue weighted by molar-refractivity contribution is -0.126. The first-order valence-corrected chi connectivity index (χ1v) is 9.21. The third-order valence-corrected chi connectivity index (χ3v) is 5.33. The van der Waals surface area contributed by atoms with Crippen LogP contribution in [-0.4, -0.2) is 33.4 Å². The van der Waals surface area contributed by atoms with Crippen molar-refractivity contribution in [2.45, 2.75) is 19.0 Å². The maximum atomic E-state index is 13.2. The summed E-state index contributed by atoms with van der Waals surface area (Å²) < 4.78 is 2.01. The highest BCUT2D eigenvalue weighted by Gasteiger charge is 2.43. The van der Waals surface area contributed by atoms with Gasteiger partial charge in [-0.05, 0) is 24.6 Å². The molecule has 1 aromatic heterocycles. The molecule has 0 spiro atoms. The zero-order valence-electron chi connectivity index (χ0n) is 16.0. The summed E-state index contributed by atoms with van der Waals surface area (Å²) in [5.41, 5.74) is 12.7. The molecule has 0 saturated heterocycles.